The summed E-state index contributed by atoms with van der Waals surface area (Å²) >= 11 is 3.33. The highest BCUT2D eigenvalue weighted by molar-refractivity contribution is 9.10. The molecule has 1 aromatic heterocycles. The Morgan fingerprint density at radius 3 is 2.73 bits per heavy atom. The van der Waals surface area contributed by atoms with Crippen LogP contribution in [-0.2, 0) is 0 Å². The van der Waals surface area contributed by atoms with Crippen molar-refractivity contribution < 1.29 is 9.84 Å². The van der Waals surface area contributed by atoms with Crippen molar-refractivity contribution in [3.63, 3.8) is 0 Å². The number of hydrogen-bond donors (Lipinski definition) is 3. The lowest BCUT2D eigenvalue weighted by atomic mass is 10.1. The molecular formula is C18H15BrN4O3. The van der Waals surface area contributed by atoms with E-state index in [4.69, 9.17) is 4.74 Å². The van der Waals surface area contributed by atoms with Gasteiger partial charge in [0.15, 0.2) is 0 Å². The summed E-state index contributed by atoms with van der Waals surface area (Å²) in [5.74, 6) is 0.997. The Morgan fingerprint density at radius 1 is 1.23 bits per heavy atom. The van der Waals surface area contributed by atoms with Gasteiger partial charge in [-0.05, 0) is 42.5 Å². The number of nitrogens with one attached hydrogen (secondary N) is 2. The van der Waals surface area contributed by atoms with E-state index in [-0.39, 0.29) is 17.3 Å². The molecule has 0 saturated carbocycles. The number of rotatable bonds is 5. The second kappa shape index (κ2) is 7.83. The quantitative estimate of drug-likeness (QED) is 0.439. The Labute approximate surface area is 157 Å². The minimum absolute atomic E-state index is 0.0900. The van der Waals surface area contributed by atoms with E-state index in [1.165, 1.54) is 12.3 Å². The maximum atomic E-state index is 11.9. The van der Waals surface area contributed by atoms with Crippen LogP contribution >= 0.6 is 15.9 Å². The van der Waals surface area contributed by atoms with E-state index in [9.17, 15) is 9.90 Å². The van der Waals surface area contributed by atoms with E-state index < -0.39 is 0 Å². The van der Waals surface area contributed by atoms with Crippen LogP contribution in [0.4, 0.5) is 5.95 Å². The fourth-order valence-corrected chi connectivity index (χ4v) is 2.59. The van der Waals surface area contributed by atoms with Gasteiger partial charge in [-0.15, -0.1) is 0 Å². The zero-order valence-corrected chi connectivity index (χ0v) is 15.3. The number of aromatic amines is 1. The lowest BCUT2D eigenvalue weighted by molar-refractivity contribution is 0.415. The van der Waals surface area contributed by atoms with Gasteiger partial charge >= 0.3 is 0 Å². The van der Waals surface area contributed by atoms with Crippen LogP contribution in [0.3, 0.4) is 0 Å². The number of methoxy groups -OCH3 is 1. The fraction of sp³-hybridized carbons (Fsp3) is 0.0556. The first-order valence-electron chi connectivity index (χ1n) is 7.58. The highest BCUT2D eigenvalue weighted by Crippen LogP contribution is 2.21. The zero-order valence-electron chi connectivity index (χ0n) is 13.7. The molecule has 0 atom stereocenters. The Kier molecular flexibility index (Phi) is 5.33. The molecule has 0 spiro atoms. The van der Waals surface area contributed by atoms with Crippen molar-refractivity contribution in [2.24, 2.45) is 5.10 Å². The van der Waals surface area contributed by atoms with Crippen LogP contribution in [0, 0.1) is 0 Å². The molecule has 8 heteroatoms. The Morgan fingerprint density at radius 2 is 2.00 bits per heavy atom. The highest BCUT2D eigenvalue weighted by atomic mass is 79.9. The van der Waals surface area contributed by atoms with Crippen LogP contribution in [0.1, 0.15) is 5.56 Å². The Balaban J connectivity index is 1.82. The average Bonchev–Trinajstić information content (AvgIpc) is 2.64. The summed E-state index contributed by atoms with van der Waals surface area (Å²) < 4.78 is 5.93. The van der Waals surface area contributed by atoms with E-state index >= 15 is 0 Å². The van der Waals surface area contributed by atoms with E-state index in [0.29, 0.717) is 11.3 Å². The van der Waals surface area contributed by atoms with Crippen LogP contribution in [0.25, 0.3) is 11.3 Å². The van der Waals surface area contributed by atoms with Gasteiger partial charge in [0, 0.05) is 21.7 Å². The van der Waals surface area contributed by atoms with Crippen LogP contribution in [0.5, 0.6) is 11.5 Å². The monoisotopic (exact) mass is 414 g/mol. The molecule has 2 aromatic carbocycles. The molecule has 0 saturated heterocycles. The second-order valence-electron chi connectivity index (χ2n) is 5.28. The number of hydrogen-bond acceptors (Lipinski definition) is 6. The maximum absolute atomic E-state index is 11.9. The maximum Gasteiger partial charge on any atom is 0.252 e. The first-order valence-corrected chi connectivity index (χ1v) is 8.38. The van der Waals surface area contributed by atoms with Crippen molar-refractivity contribution in [1.29, 1.82) is 0 Å². The molecule has 0 bridgehead atoms. The third-order valence-corrected chi connectivity index (χ3v) is 3.98. The molecular weight excluding hydrogens is 400 g/mol. The molecule has 0 aliphatic carbocycles. The predicted molar refractivity (Wildman–Crippen MR) is 104 cm³/mol. The number of phenols is 1. The number of nitrogens with zero attached hydrogens (tertiary/aromatic N) is 2. The molecule has 3 N–H and O–H groups in total. The summed E-state index contributed by atoms with van der Waals surface area (Å²) in [6, 6.07) is 13.6. The van der Waals surface area contributed by atoms with Gasteiger partial charge in [-0.2, -0.15) is 5.10 Å². The number of benzene rings is 2. The largest absolute Gasteiger partial charge is 0.507 e. The van der Waals surface area contributed by atoms with Crippen molar-refractivity contribution in [3.8, 4) is 22.8 Å². The molecule has 0 fully saturated rings. The number of hydrazone groups is 1. The molecule has 132 valence electrons. The van der Waals surface area contributed by atoms with Crippen molar-refractivity contribution >= 4 is 28.1 Å². The smallest absolute Gasteiger partial charge is 0.252 e. The zero-order chi connectivity index (χ0) is 18.5. The van der Waals surface area contributed by atoms with Gasteiger partial charge in [0.1, 0.15) is 11.5 Å². The van der Waals surface area contributed by atoms with Crippen LogP contribution in [-0.4, -0.2) is 28.4 Å². The van der Waals surface area contributed by atoms with Crippen molar-refractivity contribution in [2.45, 2.75) is 0 Å². The van der Waals surface area contributed by atoms with E-state index in [2.05, 4.69) is 36.4 Å². The van der Waals surface area contributed by atoms with E-state index in [1.54, 1.807) is 37.4 Å². The summed E-state index contributed by atoms with van der Waals surface area (Å²) in [6.45, 7) is 0. The SMILES string of the molecule is COc1ccc(-c2cc(=O)[nH]c(N/N=C\c3cc(Br)ccc3O)n2)cc1. The van der Waals surface area contributed by atoms with Crippen LogP contribution < -0.4 is 15.7 Å². The van der Waals surface area contributed by atoms with E-state index in [0.717, 1.165) is 15.8 Å². The lowest BCUT2D eigenvalue weighted by Gasteiger charge is -2.05. The number of phenolic OH excluding ortho intramolecular Hbond substituents is 1. The Hall–Kier alpha value is -3.13. The predicted octanol–water partition coefficient (Wildman–Crippen LogP) is 3.36. The molecule has 0 unspecified atom stereocenters. The van der Waals surface area contributed by atoms with Gasteiger partial charge < -0.3 is 9.84 Å². The number of ether oxygens (including phenoxy) is 1. The summed E-state index contributed by atoms with van der Waals surface area (Å²) in [5, 5.41) is 13.8. The summed E-state index contributed by atoms with van der Waals surface area (Å²) in [4.78, 5) is 18.8. The number of aromatic hydroxyl groups is 1. The fourth-order valence-electron chi connectivity index (χ4n) is 2.21. The van der Waals surface area contributed by atoms with Gasteiger partial charge in [-0.3, -0.25) is 9.78 Å². The third-order valence-electron chi connectivity index (χ3n) is 3.49. The molecule has 1 heterocycles. The molecule has 0 aliphatic heterocycles. The van der Waals surface area contributed by atoms with Gasteiger partial charge in [0.05, 0.1) is 19.0 Å². The first-order chi connectivity index (χ1) is 12.5. The summed E-state index contributed by atoms with van der Waals surface area (Å²) in [6.07, 6.45) is 1.43. The minimum Gasteiger partial charge on any atom is -0.507 e. The third kappa shape index (κ3) is 4.28. The second-order valence-corrected chi connectivity index (χ2v) is 6.20. The molecule has 7 nitrogen and oxygen atoms in total. The van der Waals surface area contributed by atoms with Gasteiger partial charge in [-0.25, -0.2) is 10.4 Å². The highest BCUT2D eigenvalue weighted by Gasteiger charge is 2.04. The summed E-state index contributed by atoms with van der Waals surface area (Å²) in [7, 11) is 1.59. The standard InChI is InChI=1S/C18H15BrN4O3/c1-26-14-5-2-11(3-6-14)15-9-17(25)22-18(21-15)23-20-10-12-8-13(19)4-7-16(12)24/h2-10,24H,1H3,(H2,21,22,23,25)/b20-10-. The van der Waals surface area contributed by atoms with Crippen LogP contribution in [0.15, 0.2) is 62.9 Å². The normalized spacial score (nSPS) is 10.8. The molecule has 0 aliphatic rings. The van der Waals surface area contributed by atoms with E-state index in [1.807, 2.05) is 12.1 Å². The number of aromatic nitrogens is 2. The minimum atomic E-state index is -0.311. The number of halogens is 1. The number of H-pyrrole nitrogens is 1. The van der Waals surface area contributed by atoms with Gasteiger partial charge in [0.2, 0.25) is 5.95 Å². The molecule has 3 aromatic rings. The average molecular weight is 415 g/mol. The molecule has 0 amide bonds. The lowest BCUT2D eigenvalue weighted by Crippen LogP contribution is -2.10. The number of anilines is 1. The van der Waals surface area contributed by atoms with Crippen molar-refractivity contribution in [3.05, 3.63) is 68.9 Å². The van der Waals surface area contributed by atoms with Gasteiger partial charge in [0.25, 0.3) is 5.56 Å². The Bertz CT molecular complexity index is 1000. The molecule has 26 heavy (non-hydrogen) atoms. The van der Waals surface area contributed by atoms with Crippen LogP contribution in [0.2, 0.25) is 0 Å². The molecule has 3 rings (SSSR count). The topological polar surface area (TPSA) is 99.6 Å². The van der Waals surface area contributed by atoms with Crippen molar-refractivity contribution in [1.82, 2.24) is 9.97 Å². The van der Waals surface area contributed by atoms with Crippen molar-refractivity contribution in [2.75, 3.05) is 12.5 Å². The first kappa shape index (κ1) is 17.7. The summed E-state index contributed by atoms with van der Waals surface area (Å²) in [5.41, 5.74) is 4.14. The van der Waals surface area contributed by atoms with Gasteiger partial charge in [-0.1, -0.05) is 15.9 Å². The molecule has 0 radical (unpaired) electrons.